The Bertz CT molecular complexity index is 245. The van der Waals surface area contributed by atoms with Crippen LogP contribution in [0.3, 0.4) is 0 Å². The molecule has 84 valence electrons. The van der Waals surface area contributed by atoms with Crippen LogP contribution in [0.15, 0.2) is 0 Å². The molecule has 0 aromatic rings. The number of ether oxygens (including phenoxy) is 1. The van der Waals surface area contributed by atoms with Gasteiger partial charge in [0.15, 0.2) is 9.84 Å². The second-order valence-electron chi connectivity index (χ2n) is 3.72. The average molecular weight is 221 g/mol. The van der Waals surface area contributed by atoms with Gasteiger partial charge < -0.3 is 10.5 Å². The van der Waals surface area contributed by atoms with Crippen molar-refractivity contribution in [1.29, 1.82) is 0 Å². The first-order chi connectivity index (χ1) is 6.64. The predicted octanol–water partition coefficient (Wildman–Crippen LogP) is 0.319. The summed E-state index contributed by atoms with van der Waals surface area (Å²) in [5, 5.41) is 0. The first kappa shape index (κ1) is 11.9. The van der Waals surface area contributed by atoms with E-state index in [0.717, 1.165) is 25.9 Å². The van der Waals surface area contributed by atoms with E-state index in [9.17, 15) is 8.42 Å². The van der Waals surface area contributed by atoms with Gasteiger partial charge in [0.1, 0.15) is 0 Å². The van der Waals surface area contributed by atoms with Gasteiger partial charge in [0.2, 0.25) is 0 Å². The maximum atomic E-state index is 11.3. The summed E-state index contributed by atoms with van der Waals surface area (Å²) in [6.45, 7) is 1.06. The van der Waals surface area contributed by atoms with Gasteiger partial charge in [-0.2, -0.15) is 0 Å². The fourth-order valence-corrected chi connectivity index (χ4v) is 2.85. The molecule has 1 heterocycles. The molecule has 1 atom stereocenters. The van der Waals surface area contributed by atoms with E-state index in [1.165, 1.54) is 0 Å². The second kappa shape index (κ2) is 5.68. The number of nitrogens with two attached hydrogens (primary N) is 1. The van der Waals surface area contributed by atoms with Crippen LogP contribution in [-0.2, 0) is 14.6 Å². The zero-order valence-corrected chi connectivity index (χ0v) is 9.26. The molecular formula is C9H19NO3S. The highest BCUT2D eigenvalue weighted by atomic mass is 32.2. The van der Waals surface area contributed by atoms with Crippen molar-refractivity contribution in [3.8, 4) is 0 Å². The van der Waals surface area contributed by atoms with Crippen molar-refractivity contribution in [2.75, 3.05) is 24.7 Å². The minimum Gasteiger partial charge on any atom is -0.378 e. The van der Waals surface area contributed by atoms with Crippen LogP contribution in [0.25, 0.3) is 0 Å². The molecule has 0 saturated carbocycles. The Morgan fingerprint density at radius 2 is 2.14 bits per heavy atom. The monoisotopic (exact) mass is 221 g/mol. The molecule has 1 rings (SSSR count). The lowest BCUT2D eigenvalue weighted by molar-refractivity contribution is 0.104. The van der Waals surface area contributed by atoms with Crippen LogP contribution >= 0.6 is 0 Å². The van der Waals surface area contributed by atoms with Gasteiger partial charge in [0.25, 0.3) is 0 Å². The van der Waals surface area contributed by atoms with Crippen molar-refractivity contribution in [3.63, 3.8) is 0 Å². The van der Waals surface area contributed by atoms with Gasteiger partial charge in [-0.1, -0.05) is 0 Å². The highest BCUT2D eigenvalue weighted by molar-refractivity contribution is 7.91. The zero-order chi connectivity index (χ0) is 10.4. The Labute approximate surface area is 85.7 Å². The van der Waals surface area contributed by atoms with Crippen LogP contribution in [0.5, 0.6) is 0 Å². The summed E-state index contributed by atoms with van der Waals surface area (Å²) in [5.74, 6) is 0.364. The van der Waals surface area contributed by atoms with Crippen LogP contribution in [0.2, 0.25) is 0 Å². The van der Waals surface area contributed by atoms with Crippen LogP contribution in [0, 0.1) is 0 Å². The van der Waals surface area contributed by atoms with E-state index in [0.29, 0.717) is 12.5 Å². The highest BCUT2D eigenvalue weighted by Gasteiger charge is 2.16. The minimum atomic E-state index is -2.90. The van der Waals surface area contributed by atoms with E-state index >= 15 is 0 Å². The predicted molar refractivity (Wildman–Crippen MR) is 55.9 cm³/mol. The lowest BCUT2D eigenvalue weighted by Gasteiger charge is -2.08. The zero-order valence-electron chi connectivity index (χ0n) is 8.44. The molecule has 5 heteroatoms. The third-order valence-corrected chi connectivity index (χ3v) is 4.20. The molecule has 0 aromatic carbocycles. The number of rotatable bonds is 6. The van der Waals surface area contributed by atoms with E-state index in [4.69, 9.17) is 10.5 Å². The lowest BCUT2D eigenvalue weighted by Crippen LogP contribution is -2.19. The van der Waals surface area contributed by atoms with Gasteiger partial charge in [-0.3, -0.25) is 0 Å². The SMILES string of the molecule is NCCS(=O)(=O)CCCC1CCCO1. The van der Waals surface area contributed by atoms with Crippen molar-refractivity contribution in [2.45, 2.75) is 31.8 Å². The quantitative estimate of drug-likeness (QED) is 0.701. The van der Waals surface area contributed by atoms with Crippen molar-refractivity contribution in [1.82, 2.24) is 0 Å². The standard InChI is InChI=1S/C9H19NO3S/c10-5-8-14(11,12)7-2-4-9-3-1-6-13-9/h9H,1-8,10H2. The third-order valence-electron chi connectivity index (χ3n) is 2.43. The van der Waals surface area contributed by atoms with Gasteiger partial charge >= 0.3 is 0 Å². The molecule has 0 amide bonds. The summed E-state index contributed by atoms with van der Waals surface area (Å²) in [6, 6.07) is 0. The molecule has 1 saturated heterocycles. The Morgan fingerprint density at radius 3 is 2.71 bits per heavy atom. The van der Waals surface area contributed by atoms with Crippen molar-refractivity contribution in [2.24, 2.45) is 5.73 Å². The smallest absolute Gasteiger partial charge is 0.151 e. The normalized spacial score (nSPS) is 22.8. The van der Waals surface area contributed by atoms with E-state index in [-0.39, 0.29) is 18.1 Å². The molecule has 0 aliphatic carbocycles. The molecule has 1 unspecified atom stereocenters. The number of hydrogen-bond donors (Lipinski definition) is 1. The Balaban J connectivity index is 2.13. The second-order valence-corrected chi connectivity index (χ2v) is 6.02. The molecule has 0 aromatic heterocycles. The van der Waals surface area contributed by atoms with Crippen LogP contribution in [0.4, 0.5) is 0 Å². The van der Waals surface area contributed by atoms with Crippen molar-refractivity contribution in [3.05, 3.63) is 0 Å². The summed E-state index contributed by atoms with van der Waals surface area (Å²) in [6.07, 6.45) is 4.05. The largest absolute Gasteiger partial charge is 0.378 e. The van der Waals surface area contributed by atoms with Crippen LogP contribution in [0.1, 0.15) is 25.7 Å². The first-order valence-electron chi connectivity index (χ1n) is 5.16. The van der Waals surface area contributed by atoms with Gasteiger partial charge in [-0.05, 0) is 25.7 Å². The lowest BCUT2D eigenvalue weighted by atomic mass is 10.1. The number of hydrogen-bond acceptors (Lipinski definition) is 4. The van der Waals surface area contributed by atoms with Gasteiger partial charge in [-0.15, -0.1) is 0 Å². The summed E-state index contributed by atoms with van der Waals surface area (Å²) >= 11 is 0. The summed E-state index contributed by atoms with van der Waals surface area (Å²) in [5.41, 5.74) is 5.20. The number of sulfone groups is 1. The van der Waals surface area contributed by atoms with E-state index in [2.05, 4.69) is 0 Å². The molecule has 0 spiro atoms. The van der Waals surface area contributed by atoms with Crippen LogP contribution < -0.4 is 5.73 Å². The highest BCUT2D eigenvalue weighted by Crippen LogP contribution is 2.17. The van der Waals surface area contributed by atoms with Crippen molar-refractivity contribution >= 4 is 9.84 Å². The molecule has 1 fully saturated rings. The summed E-state index contributed by atoms with van der Waals surface area (Å²) in [4.78, 5) is 0. The maximum Gasteiger partial charge on any atom is 0.151 e. The molecule has 1 aliphatic heterocycles. The minimum absolute atomic E-state index is 0.110. The van der Waals surface area contributed by atoms with Crippen LogP contribution in [-0.4, -0.2) is 39.2 Å². The Morgan fingerprint density at radius 1 is 1.36 bits per heavy atom. The maximum absolute atomic E-state index is 11.3. The molecule has 0 radical (unpaired) electrons. The molecular weight excluding hydrogens is 202 g/mol. The average Bonchev–Trinajstić information content (AvgIpc) is 2.56. The van der Waals surface area contributed by atoms with E-state index in [1.54, 1.807) is 0 Å². The molecule has 2 N–H and O–H groups in total. The molecule has 1 aliphatic rings. The molecule has 4 nitrogen and oxygen atoms in total. The first-order valence-corrected chi connectivity index (χ1v) is 6.98. The fraction of sp³-hybridized carbons (Fsp3) is 1.00. The van der Waals surface area contributed by atoms with Gasteiger partial charge in [0.05, 0.1) is 17.6 Å². The van der Waals surface area contributed by atoms with Gasteiger partial charge in [0, 0.05) is 13.2 Å². The third kappa shape index (κ3) is 4.39. The van der Waals surface area contributed by atoms with E-state index < -0.39 is 9.84 Å². The molecule has 14 heavy (non-hydrogen) atoms. The topological polar surface area (TPSA) is 69.4 Å². The summed E-state index contributed by atoms with van der Waals surface area (Å²) < 4.78 is 28.0. The Hall–Kier alpha value is -0.130. The van der Waals surface area contributed by atoms with Crippen molar-refractivity contribution < 1.29 is 13.2 Å². The summed E-state index contributed by atoms with van der Waals surface area (Å²) in [7, 11) is -2.90. The Kier molecular flexibility index (Phi) is 4.84. The van der Waals surface area contributed by atoms with E-state index in [1.807, 2.05) is 0 Å². The molecule has 0 bridgehead atoms. The van der Waals surface area contributed by atoms with Gasteiger partial charge in [-0.25, -0.2) is 8.42 Å². The fourth-order valence-electron chi connectivity index (χ4n) is 1.68.